The largest absolute Gasteiger partial charge is 0.287 e. The molecule has 172 valence electrons. The average Bonchev–Trinajstić information content (AvgIpc) is 3.49. The molecule has 4 rings (SSSR count). The van der Waals surface area contributed by atoms with E-state index in [9.17, 15) is 13.6 Å². The third-order valence-electron chi connectivity index (χ3n) is 3.92. The lowest BCUT2D eigenvalue weighted by Crippen LogP contribution is -2.21. The lowest BCUT2D eigenvalue weighted by Gasteiger charge is -2.10. The maximum Gasteiger partial charge on any atom is 0.287 e. The van der Waals surface area contributed by atoms with E-state index in [1.165, 1.54) is 63.9 Å². The predicted octanol–water partition coefficient (Wildman–Crippen LogP) is 5.35. The second kappa shape index (κ2) is 11.8. The van der Waals surface area contributed by atoms with Crippen LogP contribution in [0, 0.1) is 11.6 Å². The standard InChI is InChI=1S/C11H11FN4OS2.C9H8FN3S/c1-3-18-11(17)16(2)10-15-14-9(19-10)7-4-8(12)6-13-5-7;1-2-8-12-13-9(14-8)6-3-7(10)5-11-4-6/h4-6H,3H2,1-2H3;3-5H,2H2,1H3. The SMILES string of the molecule is CCSC(=O)N(C)c1nnc(-c2cncc(F)c2)s1.CCc1nnc(-c2cncc(F)c2)s1. The van der Waals surface area contributed by atoms with Gasteiger partial charge >= 0.3 is 0 Å². The molecule has 0 bridgehead atoms. The highest BCUT2D eigenvalue weighted by Crippen LogP contribution is 2.29. The van der Waals surface area contributed by atoms with Crippen LogP contribution in [0.1, 0.15) is 18.9 Å². The van der Waals surface area contributed by atoms with Gasteiger partial charge in [0.15, 0.2) is 5.01 Å². The molecule has 0 aromatic carbocycles. The maximum absolute atomic E-state index is 13.1. The van der Waals surface area contributed by atoms with E-state index < -0.39 is 5.82 Å². The van der Waals surface area contributed by atoms with Crippen LogP contribution in [0.15, 0.2) is 36.9 Å². The molecule has 0 aliphatic heterocycles. The van der Waals surface area contributed by atoms with E-state index in [4.69, 9.17) is 0 Å². The average molecular weight is 508 g/mol. The second-order valence-corrected chi connectivity index (χ2v) is 9.52. The predicted molar refractivity (Wildman–Crippen MR) is 128 cm³/mol. The summed E-state index contributed by atoms with van der Waals surface area (Å²) in [4.78, 5) is 20.6. The molecule has 33 heavy (non-hydrogen) atoms. The second-order valence-electron chi connectivity index (χ2n) is 6.29. The number of carbonyl (C=O) groups is 1. The number of amides is 1. The van der Waals surface area contributed by atoms with Gasteiger partial charge in [-0.2, -0.15) is 0 Å². The molecule has 4 aromatic heterocycles. The Kier molecular flexibility index (Phi) is 8.86. The summed E-state index contributed by atoms with van der Waals surface area (Å²) in [6, 6.07) is 2.74. The highest BCUT2D eigenvalue weighted by molar-refractivity contribution is 8.13. The van der Waals surface area contributed by atoms with Crippen LogP contribution < -0.4 is 4.90 Å². The van der Waals surface area contributed by atoms with Crippen LogP contribution in [0.2, 0.25) is 0 Å². The number of hydrogen-bond acceptors (Lipinski definition) is 10. The molecule has 0 saturated heterocycles. The van der Waals surface area contributed by atoms with Gasteiger partial charge in [0.25, 0.3) is 5.24 Å². The molecule has 0 saturated carbocycles. The Labute approximate surface area is 201 Å². The number of hydrogen-bond donors (Lipinski definition) is 0. The van der Waals surface area contributed by atoms with Crippen LogP contribution in [-0.2, 0) is 6.42 Å². The summed E-state index contributed by atoms with van der Waals surface area (Å²) in [6.45, 7) is 3.91. The van der Waals surface area contributed by atoms with Crippen molar-refractivity contribution in [3.05, 3.63) is 53.6 Å². The minimum Gasteiger partial charge on any atom is -0.281 e. The van der Waals surface area contributed by atoms with E-state index in [2.05, 4.69) is 30.4 Å². The minimum absolute atomic E-state index is 0.0948. The summed E-state index contributed by atoms with van der Waals surface area (Å²) in [6.07, 6.45) is 6.24. The Hall–Kier alpha value is -2.90. The van der Waals surface area contributed by atoms with Gasteiger partial charge in [-0.05, 0) is 24.3 Å². The molecule has 13 heteroatoms. The fraction of sp³-hybridized carbons (Fsp3) is 0.250. The van der Waals surface area contributed by atoms with Crippen LogP contribution in [0.4, 0.5) is 18.7 Å². The van der Waals surface area contributed by atoms with Crippen LogP contribution in [0.5, 0.6) is 0 Å². The fourth-order valence-corrected chi connectivity index (χ4v) is 4.47. The Balaban J connectivity index is 0.000000194. The number of thioether (sulfide) groups is 1. The normalized spacial score (nSPS) is 10.5. The van der Waals surface area contributed by atoms with E-state index in [1.54, 1.807) is 13.2 Å². The van der Waals surface area contributed by atoms with Crippen molar-refractivity contribution in [1.29, 1.82) is 0 Å². The summed E-state index contributed by atoms with van der Waals surface area (Å²) >= 11 is 3.88. The molecule has 4 aromatic rings. The number of halogens is 2. The zero-order valence-corrected chi connectivity index (χ0v) is 20.3. The molecule has 0 fully saturated rings. The van der Waals surface area contributed by atoms with Gasteiger partial charge in [0.05, 0.1) is 12.4 Å². The lowest BCUT2D eigenvalue weighted by molar-refractivity contribution is 0.266. The summed E-state index contributed by atoms with van der Waals surface area (Å²) in [5, 5.41) is 18.4. The Morgan fingerprint density at radius 3 is 2.00 bits per heavy atom. The maximum atomic E-state index is 13.1. The summed E-state index contributed by atoms with van der Waals surface area (Å²) in [5.74, 6) is -0.0844. The van der Waals surface area contributed by atoms with Crippen LogP contribution in [-0.4, -0.2) is 48.4 Å². The van der Waals surface area contributed by atoms with E-state index in [1.807, 2.05) is 13.8 Å². The molecule has 0 spiro atoms. The van der Waals surface area contributed by atoms with Crippen molar-refractivity contribution in [3.63, 3.8) is 0 Å². The topological polar surface area (TPSA) is 97.7 Å². The number of aromatic nitrogens is 6. The van der Waals surface area contributed by atoms with Crippen molar-refractivity contribution in [2.45, 2.75) is 20.3 Å². The summed E-state index contributed by atoms with van der Waals surface area (Å²) in [7, 11) is 1.64. The van der Waals surface area contributed by atoms with E-state index in [0.29, 0.717) is 32.0 Å². The number of aryl methyl sites for hydroxylation is 1. The highest BCUT2D eigenvalue weighted by Gasteiger charge is 2.16. The molecular weight excluding hydrogens is 488 g/mol. The fourth-order valence-electron chi connectivity index (χ4n) is 2.34. The van der Waals surface area contributed by atoms with Crippen LogP contribution in [0.3, 0.4) is 0 Å². The van der Waals surface area contributed by atoms with Crippen molar-refractivity contribution in [3.8, 4) is 21.1 Å². The summed E-state index contributed by atoms with van der Waals surface area (Å²) in [5.41, 5.74) is 1.23. The number of rotatable bonds is 5. The molecule has 0 radical (unpaired) electrons. The van der Waals surface area contributed by atoms with E-state index in [-0.39, 0.29) is 11.1 Å². The van der Waals surface area contributed by atoms with Gasteiger partial charge in [-0.15, -0.1) is 20.4 Å². The zero-order valence-electron chi connectivity index (χ0n) is 17.9. The molecule has 4 heterocycles. The highest BCUT2D eigenvalue weighted by atomic mass is 32.2. The summed E-state index contributed by atoms with van der Waals surface area (Å²) < 4.78 is 25.9. The van der Waals surface area contributed by atoms with Crippen LogP contribution >= 0.6 is 34.4 Å². The van der Waals surface area contributed by atoms with Gasteiger partial charge in [-0.1, -0.05) is 48.3 Å². The molecular formula is C20H19F2N7OS3. The third-order valence-corrected chi connectivity index (χ3v) is 6.89. The van der Waals surface area contributed by atoms with Crippen LogP contribution in [0.25, 0.3) is 21.1 Å². The molecule has 0 unspecified atom stereocenters. The minimum atomic E-state index is -0.430. The number of carbonyl (C=O) groups excluding carboxylic acids is 1. The molecule has 0 aliphatic carbocycles. The smallest absolute Gasteiger partial charge is 0.281 e. The van der Waals surface area contributed by atoms with Gasteiger partial charge in [0, 0.05) is 30.6 Å². The molecule has 1 amide bonds. The van der Waals surface area contributed by atoms with Crippen molar-refractivity contribution < 1.29 is 13.6 Å². The number of nitrogens with zero attached hydrogens (tertiary/aromatic N) is 7. The first-order chi connectivity index (χ1) is 15.9. The Morgan fingerprint density at radius 1 is 0.909 bits per heavy atom. The molecule has 0 aliphatic rings. The van der Waals surface area contributed by atoms with Gasteiger partial charge < -0.3 is 0 Å². The van der Waals surface area contributed by atoms with E-state index >= 15 is 0 Å². The first-order valence-electron chi connectivity index (χ1n) is 9.69. The Bertz CT molecular complexity index is 1220. The number of pyridine rings is 2. The van der Waals surface area contributed by atoms with Gasteiger partial charge in [0.2, 0.25) is 5.13 Å². The number of anilines is 1. The van der Waals surface area contributed by atoms with Crippen molar-refractivity contribution >= 4 is 44.8 Å². The first-order valence-corrected chi connectivity index (χ1v) is 12.3. The van der Waals surface area contributed by atoms with Crippen molar-refractivity contribution in [2.75, 3.05) is 17.7 Å². The third kappa shape index (κ3) is 6.79. The van der Waals surface area contributed by atoms with Crippen molar-refractivity contribution in [1.82, 2.24) is 30.4 Å². The monoisotopic (exact) mass is 507 g/mol. The van der Waals surface area contributed by atoms with E-state index in [0.717, 1.165) is 17.6 Å². The lowest BCUT2D eigenvalue weighted by atomic mass is 10.3. The molecule has 0 atom stereocenters. The molecule has 8 nitrogen and oxygen atoms in total. The van der Waals surface area contributed by atoms with Crippen molar-refractivity contribution in [2.24, 2.45) is 0 Å². The van der Waals surface area contributed by atoms with Gasteiger partial charge in [-0.3, -0.25) is 19.7 Å². The van der Waals surface area contributed by atoms with Gasteiger partial charge in [0.1, 0.15) is 21.6 Å². The molecule has 0 N–H and O–H groups in total. The quantitative estimate of drug-likeness (QED) is 0.357. The first kappa shape index (κ1) is 24.7. The van der Waals surface area contributed by atoms with Gasteiger partial charge in [-0.25, -0.2) is 8.78 Å². The Morgan fingerprint density at radius 2 is 1.48 bits per heavy atom. The zero-order chi connectivity index (χ0) is 23.8.